The average molecular weight is 230 g/mol. The van der Waals surface area contributed by atoms with E-state index in [-0.39, 0.29) is 5.69 Å². The van der Waals surface area contributed by atoms with Gasteiger partial charge in [-0.1, -0.05) is 12.1 Å². The van der Waals surface area contributed by atoms with Crippen molar-refractivity contribution in [2.45, 2.75) is 6.92 Å². The Morgan fingerprint density at radius 1 is 1.35 bits per heavy atom. The van der Waals surface area contributed by atoms with Gasteiger partial charge in [-0.05, 0) is 6.92 Å². The molecule has 0 aliphatic carbocycles. The monoisotopic (exact) mass is 230 g/mol. The fourth-order valence-electron chi connectivity index (χ4n) is 1.52. The molecule has 0 amide bonds. The number of nitrogen functional groups attached to an aromatic ring is 1. The SMILES string of the molecule is Cc1c(N)ncnc1-c1cccc([N+](=O)[O-])c1. The molecule has 0 fully saturated rings. The van der Waals surface area contributed by atoms with Gasteiger partial charge in [0.2, 0.25) is 0 Å². The van der Waals surface area contributed by atoms with E-state index in [2.05, 4.69) is 9.97 Å². The van der Waals surface area contributed by atoms with E-state index >= 15 is 0 Å². The second-order valence-electron chi connectivity index (χ2n) is 3.54. The van der Waals surface area contributed by atoms with Crippen LogP contribution in [-0.2, 0) is 0 Å². The van der Waals surface area contributed by atoms with Crippen LogP contribution in [0.1, 0.15) is 5.56 Å². The molecule has 1 aromatic carbocycles. The van der Waals surface area contributed by atoms with Gasteiger partial charge in [-0.2, -0.15) is 0 Å². The van der Waals surface area contributed by atoms with Crippen molar-refractivity contribution >= 4 is 11.5 Å². The van der Waals surface area contributed by atoms with Crippen molar-refractivity contribution in [3.05, 3.63) is 46.3 Å². The highest BCUT2D eigenvalue weighted by molar-refractivity contribution is 5.68. The highest BCUT2D eigenvalue weighted by Gasteiger charge is 2.11. The van der Waals surface area contributed by atoms with Gasteiger partial charge in [0.1, 0.15) is 12.1 Å². The molecule has 0 radical (unpaired) electrons. The normalized spacial score (nSPS) is 10.2. The number of benzene rings is 1. The van der Waals surface area contributed by atoms with Crippen LogP contribution in [0, 0.1) is 17.0 Å². The summed E-state index contributed by atoms with van der Waals surface area (Å²) in [6, 6.07) is 6.27. The lowest BCUT2D eigenvalue weighted by Crippen LogP contribution is -1.98. The average Bonchev–Trinajstić information content (AvgIpc) is 2.33. The fourth-order valence-corrected chi connectivity index (χ4v) is 1.52. The zero-order valence-corrected chi connectivity index (χ0v) is 9.12. The zero-order valence-electron chi connectivity index (χ0n) is 9.12. The molecule has 0 bridgehead atoms. The Morgan fingerprint density at radius 3 is 2.82 bits per heavy atom. The third kappa shape index (κ3) is 2.05. The fraction of sp³-hybridized carbons (Fsp3) is 0.0909. The van der Waals surface area contributed by atoms with Crippen LogP contribution in [0.2, 0.25) is 0 Å². The maximum atomic E-state index is 10.7. The molecule has 0 unspecified atom stereocenters. The molecule has 0 saturated heterocycles. The Kier molecular flexibility index (Phi) is 2.70. The second kappa shape index (κ2) is 4.17. The first-order valence-electron chi connectivity index (χ1n) is 4.91. The zero-order chi connectivity index (χ0) is 12.4. The molecule has 1 aromatic heterocycles. The summed E-state index contributed by atoms with van der Waals surface area (Å²) in [4.78, 5) is 18.2. The summed E-state index contributed by atoms with van der Waals surface area (Å²) in [5.74, 6) is 0.376. The topological polar surface area (TPSA) is 94.9 Å². The Bertz CT molecular complexity index is 583. The summed E-state index contributed by atoms with van der Waals surface area (Å²) < 4.78 is 0. The molecule has 6 nitrogen and oxygen atoms in total. The number of aromatic nitrogens is 2. The van der Waals surface area contributed by atoms with Gasteiger partial charge in [-0.15, -0.1) is 0 Å². The van der Waals surface area contributed by atoms with Crippen molar-refractivity contribution in [1.29, 1.82) is 0 Å². The Morgan fingerprint density at radius 2 is 2.12 bits per heavy atom. The number of hydrogen-bond acceptors (Lipinski definition) is 5. The van der Waals surface area contributed by atoms with Crippen LogP contribution in [0.4, 0.5) is 11.5 Å². The summed E-state index contributed by atoms with van der Waals surface area (Å²) in [7, 11) is 0. The van der Waals surface area contributed by atoms with E-state index in [0.29, 0.717) is 22.6 Å². The molecular weight excluding hydrogens is 220 g/mol. The minimum atomic E-state index is -0.441. The molecule has 17 heavy (non-hydrogen) atoms. The Labute approximate surface area is 97.3 Å². The Balaban J connectivity index is 2.57. The lowest BCUT2D eigenvalue weighted by atomic mass is 10.1. The van der Waals surface area contributed by atoms with Crippen LogP contribution in [-0.4, -0.2) is 14.9 Å². The first kappa shape index (κ1) is 11.0. The molecule has 0 atom stereocenters. The van der Waals surface area contributed by atoms with Crippen molar-refractivity contribution in [2.75, 3.05) is 5.73 Å². The van der Waals surface area contributed by atoms with Gasteiger partial charge in [0, 0.05) is 23.3 Å². The van der Waals surface area contributed by atoms with Crippen LogP contribution < -0.4 is 5.73 Å². The molecule has 0 spiro atoms. The van der Waals surface area contributed by atoms with E-state index < -0.39 is 4.92 Å². The number of anilines is 1. The van der Waals surface area contributed by atoms with Crippen LogP contribution in [0.3, 0.4) is 0 Å². The molecule has 0 saturated carbocycles. The van der Waals surface area contributed by atoms with Crippen LogP contribution >= 0.6 is 0 Å². The summed E-state index contributed by atoms with van der Waals surface area (Å²) in [5, 5.41) is 10.7. The molecule has 2 rings (SSSR count). The van der Waals surface area contributed by atoms with Gasteiger partial charge in [0.25, 0.3) is 5.69 Å². The maximum absolute atomic E-state index is 10.7. The lowest BCUT2D eigenvalue weighted by Gasteiger charge is -2.05. The molecule has 6 heteroatoms. The summed E-state index contributed by atoms with van der Waals surface area (Å²) in [6.45, 7) is 1.78. The molecule has 1 heterocycles. The van der Waals surface area contributed by atoms with Crippen LogP contribution in [0.25, 0.3) is 11.3 Å². The largest absolute Gasteiger partial charge is 0.383 e. The quantitative estimate of drug-likeness (QED) is 0.628. The molecule has 86 valence electrons. The van der Waals surface area contributed by atoms with Gasteiger partial charge in [-0.25, -0.2) is 9.97 Å². The number of nitro groups is 1. The van der Waals surface area contributed by atoms with E-state index in [0.717, 1.165) is 0 Å². The number of non-ortho nitro benzene ring substituents is 1. The Hall–Kier alpha value is -2.50. The number of hydrogen-bond donors (Lipinski definition) is 1. The van der Waals surface area contributed by atoms with Crippen LogP contribution in [0.15, 0.2) is 30.6 Å². The van der Waals surface area contributed by atoms with Gasteiger partial charge in [-0.3, -0.25) is 10.1 Å². The summed E-state index contributed by atoms with van der Waals surface area (Å²) in [6.07, 6.45) is 1.34. The summed E-state index contributed by atoms with van der Waals surface area (Å²) in [5.41, 5.74) is 7.68. The molecule has 0 aliphatic rings. The predicted octanol–water partition coefficient (Wildman–Crippen LogP) is 1.94. The lowest BCUT2D eigenvalue weighted by molar-refractivity contribution is -0.384. The minimum absolute atomic E-state index is 0.0269. The van der Waals surface area contributed by atoms with Gasteiger partial charge in [0.05, 0.1) is 10.6 Å². The van der Waals surface area contributed by atoms with Crippen molar-refractivity contribution in [1.82, 2.24) is 9.97 Å². The molecule has 0 aliphatic heterocycles. The smallest absolute Gasteiger partial charge is 0.270 e. The molecule has 2 N–H and O–H groups in total. The molecule has 2 aromatic rings. The van der Waals surface area contributed by atoms with Crippen molar-refractivity contribution in [3.8, 4) is 11.3 Å². The van der Waals surface area contributed by atoms with E-state index in [1.807, 2.05) is 0 Å². The van der Waals surface area contributed by atoms with E-state index in [9.17, 15) is 10.1 Å². The third-order valence-corrected chi connectivity index (χ3v) is 2.45. The van der Waals surface area contributed by atoms with Gasteiger partial charge < -0.3 is 5.73 Å². The first-order chi connectivity index (χ1) is 8.09. The number of nitro benzene ring substituents is 1. The van der Waals surface area contributed by atoms with E-state index in [1.165, 1.54) is 18.5 Å². The number of nitrogens with two attached hydrogens (primary N) is 1. The van der Waals surface area contributed by atoms with Crippen molar-refractivity contribution in [3.63, 3.8) is 0 Å². The van der Waals surface area contributed by atoms with E-state index in [4.69, 9.17) is 5.73 Å². The minimum Gasteiger partial charge on any atom is -0.383 e. The first-order valence-corrected chi connectivity index (χ1v) is 4.91. The summed E-state index contributed by atoms with van der Waals surface area (Å²) >= 11 is 0. The predicted molar refractivity (Wildman–Crippen MR) is 63.3 cm³/mol. The van der Waals surface area contributed by atoms with E-state index in [1.54, 1.807) is 19.1 Å². The van der Waals surface area contributed by atoms with Crippen molar-refractivity contribution < 1.29 is 4.92 Å². The van der Waals surface area contributed by atoms with Gasteiger partial charge >= 0.3 is 0 Å². The standard InChI is InChI=1S/C11H10N4O2/c1-7-10(13-6-14-11(7)12)8-3-2-4-9(5-8)15(16)17/h2-6H,1H3,(H2,12,13,14). The highest BCUT2D eigenvalue weighted by Crippen LogP contribution is 2.26. The van der Waals surface area contributed by atoms with Crippen molar-refractivity contribution in [2.24, 2.45) is 0 Å². The highest BCUT2D eigenvalue weighted by atomic mass is 16.6. The van der Waals surface area contributed by atoms with Crippen LogP contribution in [0.5, 0.6) is 0 Å². The third-order valence-electron chi connectivity index (χ3n) is 2.45. The number of nitrogens with zero attached hydrogens (tertiary/aromatic N) is 3. The second-order valence-corrected chi connectivity index (χ2v) is 3.54. The number of rotatable bonds is 2. The van der Waals surface area contributed by atoms with Gasteiger partial charge in [0.15, 0.2) is 0 Å². The maximum Gasteiger partial charge on any atom is 0.270 e. The molecular formula is C11H10N4O2.